The number of benzene rings is 5. The minimum Gasteiger partial charge on any atom is -0.507 e. The summed E-state index contributed by atoms with van der Waals surface area (Å²) >= 11 is 0. The lowest BCUT2D eigenvalue weighted by Crippen LogP contribution is -1.98. The van der Waals surface area contributed by atoms with Crippen LogP contribution in [0.3, 0.4) is 0 Å². The first-order chi connectivity index (χ1) is 20.7. The van der Waals surface area contributed by atoms with Gasteiger partial charge < -0.3 is 5.11 Å². The molecule has 0 aliphatic rings. The van der Waals surface area contributed by atoms with E-state index >= 15 is 0 Å². The maximum Gasteiger partial charge on any atom is 0.149 e. The Morgan fingerprint density at radius 3 is 2.10 bits per heavy atom. The minimum atomic E-state index is 0.145. The van der Waals surface area contributed by atoms with Crippen LogP contribution in [0.15, 0.2) is 140 Å². The van der Waals surface area contributed by atoms with Crippen LogP contribution in [-0.4, -0.2) is 19.6 Å². The molecule has 0 radical (unpaired) electrons. The molecular formula is C37H24N4O. The van der Waals surface area contributed by atoms with E-state index in [-0.39, 0.29) is 5.75 Å². The summed E-state index contributed by atoms with van der Waals surface area (Å²) in [6, 6.07) is 45.7. The van der Waals surface area contributed by atoms with Gasteiger partial charge in [0.2, 0.25) is 0 Å². The Morgan fingerprint density at radius 1 is 0.619 bits per heavy atom. The molecule has 5 aromatic carbocycles. The molecule has 0 fully saturated rings. The van der Waals surface area contributed by atoms with E-state index in [1.165, 1.54) is 0 Å². The molecule has 0 atom stereocenters. The van der Waals surface area contributed by atoms with Crippen LogP contribution in [-0.2, 0) is 0 Å². The van der Waals surface area contributed by atoms with Gasteiger partial charge in [-0.2, -0.15) is 5.26 Å². The standard InChI is InChI=1S/C37H24N4O/c38-24-28-17-16-27(33-13-6-7-22-39-33)23-32(28)30-12-8-14-34-36(30)40-37(31-11-4-5-15-35(31)42)41(34)29-20-18-26(19-21-29)25-9-2-1-3-10-25/h1-23,42H. The molecule has 0 saturated carbocycles. The van der Waals surface area contributed by atoms with E-state index < -0.39 is 0 Å². The Balaban J connectivity index is 1.47. The number of rotatable bonds is 5. The number of phenols is 1. The van der Waals surface area contributed by atoms with Crippen LogP contribution in [0.2, 0.25) is 0 Å². The highest BCUT2D eigenvalue weighted by Crippen LogP contribution is 2.39. The van der Waals surface area contributed by atoms with Crippen LogP contribution in [0.25, 0.3) is 61.6 Å². The van der Waals surface area contributed by atoms with Gasteiger partial charge in [0.1, 0.15) is 11.6 Å². The van der Waals surface area contributed by atoms with Crippen molar-refractivity contribution in [1.29, 1.82) is 5.26 Å². The van der Waals surface area contributed by atoms with Gasteiger partial charge in [-0.15, -0.1) is 0 Å². The monoisotopic (exact) mass is 540 g/mol. The molecule has 0 aliphatic heterocycles. The van der Waals surface area contributed by atoms with E-state index in [0.717, 1.165) is 50.2 Å². The van der Waals surface area contributed by atoms with Crippen molar-refractivity contribution in [2.75, 3.05) is 0 Å². The molecule has 5 heteroatoms. The lowest BCUT2D eigenvalue weighted by atomic mass is 9.95. The summed E-state index contributed by atoms with van der Waals surface area (Å²) in [6.45, 7) is 0. The van der Waals surface area contributed by atoms with Crippen LogP contribution in [0.5, 0.6) is 5.75 Å². The van der Waals surface area contributed by atoms with Crippen molar-refractivity contribution in [2.24, 2.45) is 0 Å². The first kappa shape index (κ1) is 25.0. The molecule has 42 heavy (non-hydrogen) atoms. The van der Waals surface area contributed by atoms with Gasteiger partial charge in [0.25, 0.3) is 0 Å². The predicted octanol–water partition coefficient (Wildman–Crippen LogP) is 8.67. The first-order valence-electron chi connectivity index (χ1n) is 13.6. The van der Waals surface area contributed by atoms with Gasteiger partial charge in [-0.05, 0) is 65.7 Å². The number of nitrogens with zero attached hydrogens (tertiary/aromatic N) is 4. The van der Waals surface area contributed by atoms with E-state index in [9.17, 15) is 10.4 Å². The van der Waals surface area contributed by atoms with Crippen LogP contribution >= 0.6 is 0 Å². The number of hydrogen-bond acceptors (Lipinski definition) is 4. The third-order valence-corrected chi connectivity index (χ3v) is 7.45. The molecule has 0 unspecified atom stereocenters. The van der Waals surface area contributed by atoms with E-state index in [1.807, 2.05) is 84.9 Å². The van der Waals surface area contributed by atoms with Gasteiger partial charge in [-0.3, -0.25) is 9.55 Å². The molecular weight excluding hydrogens is 516 g/mol. The second-order valence-corrected chi connectivity index (χ2v) is 9.96. The number of nitriles is 1. The van der Waals surface area contributed by atoms with Crippen LogP contribution in [0.4, 0.5) is 0 Å². The molecule has 0 aliphatic carbocycles. The fourth-order valence-electron chi connectivity index (χ4n) is 5.41. The fourth-order valence-corrected chi connectivity index (χ4v) is 5.41. The number of imidazole rings is 1. The zero-order valence-electron chi connectivity index (χ0n) is 22.5. The highest BCUT2D eigenvalue weighted by Gasteiger charge is 2.21. The Hall–Kier alpha value is -5.99. The Labute approximate surface area is 243 Å². The number of fused-ring (bicyclic) bond motifs is 1. The Morgan fingerprint density at radius 2 is 1.33 bits per heavy atom. The molecule has 198 valence electrons. The lowest BCUT2D eigenvalue weighted by molar-refractivity contribution is 0.477. The van der Waals surface area contributed by atoms with Crippen molar-refractivity contribution in [2.45, 2.75) is 0 Å². The van der Waals surface area contributed by atoms with Gasteiger partial charge in [0, 0.05) is 28.6 Å². The van der Waals surface area contributed by atoms with Gasteiger partial charge in [-0.1, -0.05) is 78.9 Å². The van der Waals surface area contributed by atoms with E-state index in [0.29, 0.717) is 17.0 Å². The van der Waals surface area contributed by atoms with Crippen LogP contribution in [0, 0.1) is 11.3 Å². The summed E-state index contributed by atoms with van der Waals surface area (Å²) in [6.07, 6.45) is 1.76. The van der Waals surface area contributed by atoms with Crippen molar-refractivity contribution in [3.8, 4) is 62.4 Å². The molecule has 0 spiro atoms. The zero-order valence-corrected chi connectivity index (χ0v) is 22.5. The maximum absolute atomic E-state index is 10.9. The van der Waals surface area contributed by atoms with Crippen LogP contribution < -0.4 is 0 Å². The quantitative estimate of drug-likeness (QED) is 0.237. The molecule has 0 bridgehead atoms. The number of aromatic nitrogens is 3. The Bertz CT molecular complexity index is 2090. The summed E-state index contributed by atoms with van der Waals surface area (Å²) in [7, 11) is 0. The number of pyridine rings is 1. The van der Waals surface area contributed by atoms with Gasteiger partial charge in [-0.25, -0.2) is 4.98 Å². The average Bonchev–Trinajstić information content (AvgIpc) is 3.45. The topological polar surface area (TPSA) is 74.7 Å². The third kappa shape index (κ3) is 4.38. The molecule has 0 amide bonds. The molecule has 0 saturated heterocycles. The number of para-hydroxylation sites is 2. The second-order valence-electron chi connectivity index (χ2n) is 9.96. The van der Waals surface area contributed by atoms with Crippen molar-refractivity contribution in [1.82, 2.24) is 14.5 Å². The molecule has 7 aromatic rings. The maximum atomic E-state index is 10.9. The summed E-state index contributed by atoms with van der Waals surface area (Å²) in [5, 5.41) is 20.9. The summed E-state index contributed by atoms with van der Waals surface area (Å²) in [4.78, 5) is 9.64. The second kappa shape index (κ2) is 10.5. The SMILES string of the molecule is N#Cc1ccc(-c2ccccn2)cc1-c1cccc2c1nc(-c1ccccc1O)n2-c1ccc(-c2ccccc2)cc1. The molecule has 2 aromatic heterocycles. The van der Waals surface area contributed by atoms with Gasteiger partial charge in [0.15, 0.2) is 0 Å². The molecule has 5 nitrogen and oxygen atoms in total. The van der Waals surface area contributed by atoms with E-state index in [1.54, 1.807) is 18.3 Å². The molecule has 7 rings (SSSR count). The first-order valence-corrected chi connectivity index (χ1v) is 13.6. The van der Waals surface area contributed by atoms with Crippen LogP contribution in [0.1, 0.15) is 5.56 Å². The fraction of sp³-hybridized carbons (Fsp3) is 0. The molecule has 1 N–H and O–H groups in total. The summed E-state index contributed by atoms with van der Waals surface area (Å²) in [5.41, 5.74) is 9.28. The minimum absolute atomic E-state index is 0.145. The van der Waals surface area contributed by atoms with Crippen molar-refractivity contribution in [3.05, 3.63) is 145 Å². The predicted molar refractivity (Wildman–Crippen MR) is 167 cm³/mol. The third-order valence-electron chi connectivity index (χ3n) is 7.45. The molecule has 2 heterocycles. The smallest absolute Gasteiger partial charge is 0.149 e. The zero-order chi connectivity index (χ0) is 28.5. The summed E-state index contributed by atoms with van der Waals surface area (Å²) in [5.74, 6) is 0.758. The number of phenolic OH excluding ortho intramolecular Hbond substituents is 1. The highest BCUT2D eigenvalue weighted by molar-refractivity contribution is 5.97. The lowest BCUT2D eigenvalue weighted by Gasteiger charge is -2.12. The normalized spacial score (nSPS) is 10.9. The average molecular weight is 541 g/mol. The Kier molecular flexibility index (Phi) is 6.27. The van der Waals surface area contributed by atoms with E-state index in [4.69, 9.17) is 4.98 Å². The summed E-state index contributed by atoms with van der Waals surface area (Å²) < 4.78 is 2.07. The van der Waals surface area contributed by atoms with Gasteiger partial charge in [0.05, 0.1) is 33.9 Å². The largest absolute Gasteiger partial charge is 0.507 e. The number of hydrogen-bond donors (Lipinski definition) is 1. The van der Waals surface area contributed by atoms with Crippen molar-refractivity contribution < 1.29 is 5.11 Å². The highest BCUT2D eigenvalue weighted by atomic mass is 16.3. The number of aromatic hydroxyl groups is 1. The van der Waals surface area contributed by atoms with Gasteiger partial charge >= 0.3 is 0 Å². The van der Waals surface area contributed by atoms with Crippen molar-refractivity contribution in [3.63, 3.8) is 0 Å². The van der Waals surface area contributed by atoms with Crippen molar-refractivity contribution >= 4 is 11.0 Å². The van der Waals surface area contributed by atoms with E-state index in [2.05, 4.69) is 52.0 Å².